The zero-order chi connectivity index (χ0) is 11.5. The minimum absolute atomic E-state index is 0. The van der Waals surface area contributed by atoms with Gasteiger partial charge in [-0.05, 0) is 23.8 Å². The number of hydrogen-bond donors (Lipinski definition) is 2. The van der Waals surface area contributed by atoms with E-state index in [-0.39, 0.29) is 12.4 Å². The Morgan fingerprint density at radius 1 is 1.35 bits per heavy atom. The first-order valence-electron chi connectivity index (χ1n) is 4.77. The van der Waals surface area contributed by atoms with Gasteiger partial charge in [0.25, 0.3) is 0 Å². The molecule has 2 aromatic rings. The molecule has 90 valence electrons. The summed E-state index contributed by atoms with van der Waals surface area (Å²) in [5, 5.41) is 12.8. The fourth-order valence-corrected chi connectivity index (χ4v) is 1.40. The van der Waals surface area contributed by atoms with Gasteiger partial charge in [0, 0.05) is 12.4 Å². The molecule has 0 aliphatic heterocycles. The van der Waals surface area contributed by atoms with E-state index in [9.17, 15) is 4.79 Å². The lowest BCUT2D eigenvalue weighted by Gasteiger charge is -2.07. The van der Waals surface area contributed by atoms with Crippen LogP contribution in [0.3, 0.4) is 0 Å². The Kier molecular flexibility index (Phi) is 4.25. The van der Waals surface area contributed by atoms with Crippen molar-refractivity contribution in [2.45, 2.75) is 6.04 Å². The highest BCUT2D eigenvalue weighted by atomic mass is 35.5. The fourth-order valence-electron chi connectivity index (χ4n) is 1.40. The Morgan fingerprint density at radius 2 is 2.00 bits per heavy atom. The summed E-state index contributed by atoms with van der Waals surface area (Å²) in [6.45, 7) is 0. The minimum atomic E-state index is -1.04. The average Bonchev–Trinajstić information content (AvgIpc) is 2.81. The summed E-state index contributed by atoms with van der Waals surface area (Å²) in [6.07, 6.45) is 3.49. The number of aliphatic carboxylic acids is 1. The smallest absolute Gasteiger partial charge is 0.325 e. The Labute approximate surface area is 104 Å². The van der Waals surface area contributed by atoms with E-state index in [0.29, 0.717) is 5.56 Å². The molecule has 1 heterocycles. The molecular formula is C11H12ClN3O2. The van der Waals surface area contributed by atoms with Gasteiger partial charge >= 0.3 is 5.97 Å². The van der Waals surface area contributed by atoms with E-state index in [1.807, 2.05) is 12.3 Å². The molecule has 17 heavy (non-hydrogen) atoms. The van der Waals surface area contributed by atoms with E-state index in [1.54, 1.807) is 35.1 Å². The monoisotopic (exact) mass is 253 g/mol. The van der Waals surface area contributed by atoms with Gasteiger partial charge in [-0.25, -0.2) is 4.68 Å². The lowest BCUT2D eigenvalue weighted by atomic mass is 10.1. The number of rotatable bonds is 3. The summed E-state index contributed by atoms with van der Waals surface area (Å²) in [6, 6.07) is 7.78. The van der Waals surface area contributed by atoms with E-state index in [4.69, 9.17) is 10.8 Å². The van der Waals surface area contributed by atoms with Crippen LogP contribution in [-0.4, -0.2) is 20.9 Å². The largest absolute Gasteiger partial charge is 0.480 e. The zero-order valence-corrected chi connectivity index (χ0v) is 9.67. The molecule has 0 aliphatic rings. The Bertz CT molecular complexity index is 482. The number of hydrogen-bond acceptors (Lipinski definition) is 3. The van der Waals surface area contributed by atoms with Gasteiger partial charge in [-0.15, -0.1) is 12.4 Å². The summed E-state index contributed by atoms with van der Waals surface area (Å²) >= 11 is 0. The summed E-state index contributed by atoms with van der Waals surface area (Å²) < 4.78 is 1.69. The predicted octanol–water partition coefficient (Wildman–Crippen LogP) is 1.38. The third-order valence-corrected chi connectivity index (χ3v) is 2.29. The van der Waals surface area contributed by atoms with Crippen LogP contribution in [0, 0.1) is 0 Å². The van der Waals surface area contributed by atoms with Crippen LogP contribution in [0.4, 0.5) is 0 Å². The topological polar surface area (TPSA) is 81.1 Å². The molecule has 0 bridgehead atoms. The van der Waals surface area contributed by atoms with Crippen molar-refractivity contribution in [1.82, 2.24) is 9.78 Å². The molecule has 0 fully saturated rings. The number of carbonyl (C=O) groups is 1. The van der Waals surface area contributed by atoms with Crippen molar-refractivity contribution in [3.63, 3.8) is 0 Å². The van der Waals surface area contributed by atoms with Gasteiger partial charge in [0.05, 0.1) is 5.69 Å². The van der Waals surface area contributed by atoms with Crippen LogP contribution in [0.2, 0.25) is 0 Å². The molecule has 0 saturated carbocycles. The highest BCUT2D eigenvalue weighted by Gasteiger charge is 2.13. The molecule has 6 heteroatoms. The van der Waals surface area contributed by atoms with Crippen molar-refractivity contribution in [1.29, 1.82) is 0 Å². The summed E-state index contributed by atoms with van der Waals surface area (Å²) in [4.78, 5) is 10.7. The number of nitrogens with zero attached hydrogens (tertiary/aromatic N) is 2. The maximum absolute atomic E-state index is 10.7. The number of carboxylic acids is 1. The van der Waals surface area contributed by atoms with E-state index < -0.39 is 12.0 Å². The molecule has 1 atom stereocenters. The van der Waals surface area contributed by atoms with E-state index in [1.165, 1.54) is 0 Å². The van der Waals surface area contributed by atoms with Gasteiger partial charge in [0.15, 0.2) is 0 Å². The maximum Gasteiger partial charge on any atom is 0.325 e. The molecule has 0 radical (unpaired) electrons. The summed E-state index contributed by atoms with van der Waals surface area (Å²) in [5.41, 5.74) is 6.92. The Hall–Kier alpha value is -1.85. The lowest BCUT2D eigenvalue weighted by Crippen LogP contribution is -2.20. The number of benzene rings is 1. The molecule has 1 aromatic heterocycles. The van der Waals surface area contributed by atoms with Gasteiger partial charge in [-0.2, -0.15) is 5.10 Å². The number of aromatic nitrogens is 2. The van der Waals surface area contributed by atoms with Crippen LogP contribution in [0.15, 0.2) is 42.7 Å². The number of halogens is 1. The van der Waals surface area contributed by atoms with Crippen LogP contribution in [-0.2, 0) is 4.79 Å². The quantitative estimate of drug-likeness (QED) is 0.866. The molecular weight excluding hydrogens is 242 g/mol. The lowest BCUT2D eigenvalue weighted by molar-refractivity contribution is -0.138. The highest BCUT2D eigenvalue weighted by molar-refractivity contribution is 5.85. The first-order chi connectivity index (χ1) is 7.68. The van der Waals surface area contributed by atoms with Crippen molar-refractivity contribution in [3.8, 4) is 5.69 Å². The van der Waals surface area contributed by atoms with Crippen molar-refractivity contribution >= 4 is 18.4 Å². The van der Waals surface area contributed by atoms with Gasteiger partial charge in [0.2, 0.25) is 0 Å². The first-order valence-corrected chi connectivity index (χ1v) is 4.77. The molecule has 5 nitrogen and oxygen atoms in total. The summed E-state index contributed by atoms with van der Waals surface area (Å²) in [7, 11) is 0. The van der Waals surface area contributed by atoms with Gasteiger partial charge in [0.1, 0.15) is 6.04 Å². The minimum Gasteiger partial charge on any atom is -0.480 e. The average molecular weight is 254 g/mol. The SMILES string of the molecule is Cl.NC(C(=O)O)c1ccc(-n2cccn2)cc1. The summed E-state index contributed by atoms with van der Waals surface area (Å²) in [5.74, 6) is -1.04. The Balaban J connectivity index is 0.00000144. The van der Waals surface area contributed by atoms with E-state index in [0.717, 1.165) is 5.69 Å². The molecule has 1 unspecified atom stereocenters. The predicted molar refractivity (Wildman–Crippen MR) is 65.4 cm³/mol. The second kappa shape index (κ2) is 5.47. The molecule has 0 aliphatic carbocycles. The second-order valence-electron chi connectivity index (χ2n) is 3.36. The third-order valence-electron chi connectivity index (χ3n) is 2.29. The molecule has 1 aromatic carbocycles. The van der Waals surface area contributed by atoms with Crippen molar-refractivity contribution in [2.24, 2.45) is 5.73 Å². The molecule has 3 N–H and O–H groups in total. The normalized spacial score (nSPS) is 11.6. The fraction of sp³-hybridized carbons (Fsp3) is 0.0909. The third kappa shape index (κ3) is 2.83. The van der Waals surface area contributed by atoms with Gasteiger partial charge in [-0.3, -0.25) is 4.79 Å². The Morgan fingerprint density at radius 3 is 2.47 bits per heavy atom. The van der Waals surface area contributed by atoms with Gasteiger partial charge < -0.3 is 10.8 Å². The molecule has 0 spiro atoms. The van der Waals surface area contributed by atoms with E-state index >= 15 is 0 Å². The second-order valence-corrected chi connectivity index (χ2v) is 3.36. The number of nitrogens with two attached hydrogens (primary N) is 1. The highest BCUT2D eigenvalue weighted by Crippen LogP contribution is 2.13. The van der Waals surface area contributed by atoms with Crippen LogP contribution in [0.1, 0.15) is 11.6 Å². The maximum atomic E-state index is 10.7. The van der Waals surface area contributed by atoms with Crippen LogP contribution < -0.4 is 5.73 Å². The van der Waals surface area contributed by atoms with Crippen LogP contribution in [0.5, 0.6) is 0 Å². The van der Waals surface area contributed by atoms with Crippen LogP contribution >= 0.6 is 12.4 Å². The zero-order valence-electron chi connectivity index (χ0n) is 8.85. The molecule has 0 amide bonds. The van der Waals surface area contributed by atoms with Crippen molar-refractivity contribution in [3.05, 3.63) is 48.3 Å². The molecule has 0 saturated heterocycles. The first kappa shape index (κ1) is 13.2. The van der Waals surface area contributed by atoms with E-state index in [2.05, 4.69) is 5.10 Å². The number of carboxylic acid groups (broad SMARTS) is 1. The standard InChI is InChI=1S/C11H11N3O2.ClH/c12-10(11(15)16)8-2-4-9(5-3-8)14-7-1-6-13-14;/h1-7,10H,12H2,(H,15,16);1H. The van der Waals surface area contributed by atoms with Crippen molar-refractivity contribution < 1.29 is 9.90 Å². The van der Waals surface area contributed by atoms with Crippen LogP contribution in [0.25, 0.3) is 5.69 Å². The van der Waals surface area contributed by atoms with Gasteiger partial charge in [-0.1, -0.05) is 12.1 Å². The molecule has 2 rings (SSSR count). The van der Waals surface area contributed by atoms with Crippen molar-refractivity contribution in [2.75, 3.05) is 0 Å².